The summed E-state index contributed by atoms with van der Waals surface area (Å²) in [5.74, 6) is -1.47. The fraction of sp³-hybridized carbons (Fsp3) is 0.462. The molecule has 1 saturated heterocycles. The molecule has 19 heavy (non-hydrogen) atoms. The summed E-state index contributed by atoms with van der Waals surface area (Å²) in [6.07, 6.45) is -0.261. The van der Waals surface area contributed by atoms with Gasteiger partial charge in [0.1, 0.15) is 5.69 Å². The van der Waals surface area contributed by atoms with Crippen molar-refractivity contribution in [3.05, 3.63) is 29.3 Å². The molecule has 102 valence electrons. The number of nitrogens with zero attached hydrogens (tertiary/aromatic N) is 2. The molecule has 1 aliphatic rings. The van der Waals surface area contributed by atoms with Crippen molar-refractivity contribution in [2.75, 3.05) is 24.6 Å². The van der Waals surface area contributed by atoms with Crippen LogP contribution in [-0.4, -0.2) is 31.8 Å². The number of halogens is 2. The fourth-order valence-electron chi connectivity index (χ4n) is 2.13. The number of nitrogens with two attached hydrogens (primary N) is 1. The zero-order valence-electron chi connectivity index (χ0n) is 10.6. The maximum Gasteiger partial charge on any atom is 0.150 e. The highest BCUT2D eigenvalue weighted by Gasteiger charge is 2.27. The van der Waals surface area contributed by atoms with Crippen molar-refractivity contribution in [1.29, 1.82) is 5.26 Å². The number of benzene rings is 1. The number of ether oxygens (including phenoxy) is 1. The number of morpholine rings is 1. The van der Waals surface area contributed by atoms with Gasteiger partial charge in [-0.3, -0.25) is 0 Å². The van der Waals surface area contributed by atoms with Crippen LogP contribution in [0.3, 0.4) is 0 Å². The molecule has 0 aromatic heterocycles. The van der Waals surface area contributed by atoms with Crippen molar-refractivity contribution < 1.29 is 13.5 Å². The summed E-state index contributed by atoms with van der Waals surface area (Å²) in [7, 11) is 0. The largest absolute Gasteiger partial charge is 0.373 e. The minimum atomic E-state index is -0.734. The van der Waals surface area contributed by atoms with Gasteiger partial charge in [-0.2, -0.15) is 5.26 Å². The van der Waals surface area contributed by atoms with Gasteiger partial charge in [-0.15, -0.1) is 0 Å². The monoisotopic (exact) mass is 267 g/mol. The Morgan fingerprint density at radius 3 is 2.63 bits per heavy atom. The molecule has 2 rings (SSSR count). The van der Waals surface area contributed by atoms with E-state index in [1.807, 2.05) is 0 Å². The highest BCUT2D eigenvalue weighted by Crippen LogP contribution is 2.26. The first kappa shape index (κ1) is 13.7. The maximum atomic E-state index is 13.9. The molecule has 0 aliphatic carbocycles. The first-order valence-electron chi connectivity index (χ1n) is 6.04. The Labute approximate surface area is 110 Å². The lowest BCUT2D eigenvalue weighted by Gasteiger charge is -2.36. The van der Waals surface area contributed by atoms with Gasteiger partial charge in [-0.1, -0.05) is 0 Å². The van der Waals surface area contributed by atoms with Crippen molar-refractivity contribution >= 4 is 5.69 Å². The quantitative estimate of drug-likeness (QED) is 0.879. The third-order valence-electron chi connectivity index (χ3n) is 3.14. The van der Waals surface area contributed by atoms with E-state index in [9.17, 15) is 8.78 Å². The number of anilines is 1. The second-order valence-electron chi connectivity index (χ2n) is 4.61. The maximum absolute atomic E-state index is 13.9. The Kier molecular flexibility index (Phi) is 3.98. The highest BCUT2D eigenvalue weighted by atomic mass is 19.1. The molecule has 4 nitrogen and oxygen atoms in total. The van der Waals surface area contributed by atoms with Crippen LogP contribution in [0, 0.1) is 23.0 Å². The minimum absolute atomic E-state index is 0.0317. The van der Waals surface area contributed by atoms with Crippen LogP contribution >= 0.6 is 0 Å². The van der Waals surface area contributed by atoms with Gasteiger partial charge >= 0.3 is 0 Å². The van der Waals surface area contributed by atoms with Gasteiger partial charge in [0.25, 0.3) is 0 Å². The average molecular weight is 267 g/mol. The molecule has 1 aromatic rings. The molecular formula is C13H15F2N3O. The first-order chi connectivity index (χ1) is 9.02. The van der Waals surface area contributed by atoms with Crippen LogP contribution in [0.4, 0.5) is 14.5 Å². The first-order valence-corrected chi connectivity index (χ1v) is 6.04. The number of hydrogen-bond acceptors (Lipinski definition) is 4. The lowest BCUT2D eigenvalue weighted by Crippen LogP contribution is -2.50. The van der Waals surface area contributed by atoms with E-state index < -0.39 is 11.6 Å². The molecule has 0 amide bonds. The van der Waals surface area contributed by atoms with Crippen LogP contribution in [0.1, 0.15) is 12.5 Å². The molecule has 1 aliphatic heterocycles. The molecule has 0 spiro atoms. The molecule has 1 fully saturated rings. The van der Waals surface area contributed by atoms with Crippen LogP contribution in [0.25, 0.3) is 0 Å². The predicted molar refractivity (Wildman–Crippen MR) is 66.7 cm³/mol. The van der Waals surface area contributed by atoms with E-state index in [0.717, 1.165) is 12.1 Å². The van der Waals surface area contributed by atoms with Gasteiger partial charge < -0.3 is 15.4 Å². The van der Waals surface area contributed by atoms with Gasteiger partial charge in [-0.25, -0.2) is 8.78 Å². The molecular weight excluding hydrogens is 252 g/mol. The topological polar surface area (TPSA) is 62.3 Å². The van der Waals surface area contributed by atoms with Crippen molar-refractivity contribution in [3.63, 3.8) is 0 Å². The molecule has 2 N–H and O–H groups in total. The summed E-state index contributed by atoms with van der Waals surface area (Å²) in [5.41, 5.74) is 5.60. The van der Waals surface area contributed by atoms with Crippen molar-refractivity contribution in [2.24, 2.45) is 5.73 Å². The number of hydrogen-bond donors (Lipinski definition) is 1. The molecule has 0 bridgehead atoms. The highest BCUT2D eigenvalue weighted by molar-refractivity contribution is 5.53. The van der Waals surface area contributed by atoms with Gasteiger partial charge in [0, 0.05) is 19.1 Å². The second-order valence-corrected chi connectivity index (χ2v) is 4.61. The summed E-state index contributed by atoms with van der Waals surface area (Å²) in [6, 6.07) is 3.58. The Morgan fingerprint density at radius 1 is 1.47 bits per heavy atom. The van der Waals surface area contributed by atoms with Gasteiger partial charge in [0.2, 0.25) is 0 Å². The molecule has 2 unspecified atom stereocenters. The smallest absolute Gasteiger partial charge is 0.150 e. The molecule has 6 heteroatoms. The zero-order valence-corrected chi connectivity index (χ0v) is 10.6. The third-order valence-corrected chi connectivity index (χ3v) is 3.14. The van der Waals surface area contributed by atoms with Crippen LogP contribution in [0.5, 0.6) is 0 Å². The van der Waals surface area contributed by atoms with E-state index in [1.165, 1.54) is 0 Å². The standard InChI is InChI=1S/C13H15F2N3O/c1-8(17)12-7-18(2-3-19-12)13-10(14)4-9(6-16)5-11(13)15/h4-5,8,12H,2-3,7,17H2,1H3. The molecule has 1 aromatic carbocycles. The Hall–Kier alpha value is -1.71. The van der Waals surface area contributed by atoms with Gasteiger partial charge in [0.05, 0.1) is 24.3 Å². The Balaban J connectivity index is 2.29. The predicted octanol–water partition coefficient (Wildman–Crippen LogP) is 1.39. The van der Waals surface area contributed by atoms with Crippen molar-refractivity contribution in [2.45, 2.75) is 19.1 Å². The van der Waals surface area contributed by atoms with E-state index in [2.05, 4.69) is 0 Å². The summed E-state index contributed by atoms with van der Waals surface area (Å²) in [5, 5.41) is 8.67. The summed E-state index contributed by atoms with van der Waals surface area (Å²) >= 11 is 0. The van der Waals surface area contributed by atoms with E-state index in [-0.39, 0.29) is 23.4 Å². The van der Waals surface area contributed by atoms with Crippen LogP contribution in [-0.2, 0) is 4.74 Å². The van der Waals surface area contributed by atoms with E-state index in [1.54, 1.807) is 17.9 Å². The SMILES string of the molecule is CC(N)C1CN(c2c(F)cc(C#N)cc2F)CCO1. The summed E-state index contributed by atoms with van der Waals surface area (Å²) in [6.45, 7) is 2.88. The minimum Gasteiger partial charge on any atom is -0.373 e. The summed E-state index contributed by atoms with van der Waals surface area (Å²) < 4.78 is 33.3. The zero-order chi connectivity index (χ0) is 14.0. The average Bonchev–Trinajstić information content (AvgIpc) is 2.38. The third kappa shape index (κ3) is 2.83. The van der Waals surface area contributed by atoms with Crippen LogP contribution < -0.4 is 10.6 Å². The van der Waals surface area contributed by atoms with E-state index in [4.69, 9.17) is 15.7 Å². The molecule has 1 heterocycles. The summed E-state index contributed by atoms with van der Waals surface area (Å²) in [4.78, 5) is 1.57. The molecule has 0 radical (unpaired) electrons. The van der Waals surface area contributed by atoms with Crippen molar-refractivity contribution in [3.8, 4) is 6.07 Å². The van der Waals surface area contributed by atoms with Crippen molar-refractivity contribution in [1.82, 2.24) is 0 Å². The lowest BCUT2D eigenvalue weighted by atomic mass is 10.1. The normalized spacial score (nSPS) is 21.0. The Morgan fingerprint density at radius 2 is 2.11 bits per heavy atom. The van der Waals surface area contributed by atoms with Gasteiger partial charge in [-0.05, 0) is 19.1 Å². The van der Waals surface area contributed by atoms with E-state index >= 15 is 0 Å². The van der Waals surface area contributed by atoms with E-state index in [0.29, 0.717) is 19.7 Å². The lowest BCUT2D eigenvalue weighted by molar-refractivity contribution is 0.0272. The molecule has 0 saturated carbocycles. The van der Waals surface area contributed by atoms with Gasteiger partial charge in [0.15, 0.2) is 11.6 Å². The second kappa shape index (κ2) is 5.51. The number of rotatable bonds is 2. The van der Waals surface area contributed by atoms with Crippen LogP contribution in [0.15, 0.2) is 12.1 Å². The molecule has 2 atom stereocenters. The van der Waals surface area contributed by atoms with Crippen LogP contribution in [0.2, 0.25) is 0 Å². The fourth-order valence-corrected chi connectivity index (χ4v) is 2.13. The number of nitriles is 1. The Bertz CT molecular complexity index is 490.